The fraction of sp³-hybridized carbons (Fsp3) is 0.400. The number of aromatic nitrogens is 3. The summed E-state index contributed by atoms with van der Waals surface area (Å²) in [5, 5.41) is 6.81. The standard InChI is InChI=1S/C15H17F2N5O2/c1-21-9-19-14(20-21)7-18-15(23)22-4-5-24-13(8-22)10-2-3-11(16)12(17)6-10/h2-3,6,9,13H,4-5,7-8H2,1H3,(H,18,23). The molecular formula is C15H17F2N5O2. The first-order valence-electron chi connectivity index (χ1n) is 7.47. The number of nitrogens with one attached hydrogen (secondary N) is 1. The molecule has 1 fully saturated rings. The van der Waals surface area contributed by atoms with Gasteiger partial charge in [0.1, 0.15) is 12.4 Å². The molecular weight excluding hydrogens is 320 g/mol. The molecule has 0 spiro atoms. The summed E-state index contributed by atoms with van der Waals surface area (Å²) in [6, 6.07) is 3.33. The quantitative estimate of drug-likeness (QED) is 0.918. The Hall–Kier alpha value is -2.55. The molecule has 2 aromatic rings. The Balaban J connectivity index is 1.60. The second-order valence-electron chi connectivity index (χ2n) is 5.47. The van der Waals surface area contributed by atoms with Crippen molar-refractivity contribution < 1.29 is 18.3 Å². The fourth-order valence-electron chi connectivity index (χ4n) is 2.48. The summed E-state index contributed by atoms with van der Waals surface area (Å²) in [7, 11) is 1.74. The molecule has 9 heteroatoms. The number of amides is 2. The molecule has 1 aliphatic rings. The number of rotatable bonds is 3. The Labute approximate surface area is 137 Å². The second kappa shape index (κ2) is 6.91. The Kier molecular flexibility index (Phi) is 4.70. The number of aryl methyl sites for hydroxylation is 1. The van der Waals surface area contributed by atoms with Crippen molar-refractivity contribution in [2.45, 2.75) is 12.6 Å². The molecule has 0 aliphatic carbocycles. The van der Waals surface area contributed by atoms with E-state index in [9.17, 15) is 13.6 Å². The van der Waals surface area contributed by atoms with Crippen LogP contribution in [-0.2, 0) is 18.3 Å². The maximum Gasteiger partial charge on any atom is 0.317 e. The monoisotopic (exact) mass is 337 g/mol. The van der Waals surface area contributed by atoms with Gasteiger partial charge in [0.05, 0.1) is 19.7 Å². The van der Waals surface area contributed by atoms with Gasteiger partial charge in [-0.1, -0.05) is 6.07 Å². The van der Waals surface area contributed by atoms with Crippen molar-refractivity contribution in [2.75, 3.05) is 19.7 Å². The molecule has 1 aliphatic heterocycles. The van der Waals surface area contributed by atoms with Crippen molar-refractivity contribution in [1.29, 1.82) is 0 Å². The van der Waals surface area contributed by atoms with Crippen molar-refractivity contribution in [2.24, 2.45) is 7.05 Å². The van der Waals surface area contributed by atoms with E-state index in [4.69, 9.17) is 4.74 Å². The number of hydrogen-bond acceptors (Lipinski definition) is 4. The van der Waals surface area contributed by atoms with E-state index in [1.807, 2.05) is 0 Å². The Morgan fingerprint density at radius 2 is 2.25 bits per heavy atom. The summed E-state index contributed by atoms with van der Waals surface area (Å²) in [6.07, 6.45) is 1.06. The lowest BCUT2D eigenvalue weighted by molar-refractivity contribution is -0.0156. The molecule has 1 N–H and O–H groups in total. The van der Waals surface area contributed by atoms with Gasteiger partial charge < -0.3 is 15.0 Å². The number of carbonyl (C=O) groups excluding carboxylic acids is 1. The topological polar surface area (TPSA) is 72.3 Å². The van der Waals surface area contributed by atoms with Gasteiger partial charge >= 0.3 is 6.03 Å². The van der Waals surface area contributed by atoms with Crippen LogP contribution in [-0.4, -0.2) is 45.4 Å². The normalized spacial score (nSPS) is 17.8. The van der Waals surface area contributed by atoms with Gasteiger partial charge in [-0.3, -0.25) is 4.68 Å². The van der Waals surface area contributed by atoms with E-state index < -0.39 is 17.7 Å². The molecule has 1 unspecified atom stereocenters. The molecule has 0 bridgehead atoms. The minimum absolute atomic E-state index is 0.215. The minimum Gasteiger partial charge on any atom is -0.370 e. The highest BCUT2D eigenvalue weighted by atomic mass is 19.2. The van der Waals surface area contributed by atoms with Crippen LogP contribution in [0.15, 0.2) is 24.5 Å². The van der Waals surface area contributed by atoms with Gasteiger partial charge in [-0.25, -0.2) is 18.6 Å². The van der Waals surface area contributed by atoms with Crippen LogP contribution in [0.2, 0.25) is 0 Å². The van der Waals surface area contributed by atoms with Crippen molar-refractivity contribution in [3.05, 3.63) is 47.5 Å². The van der Waals surface area contributed by atoms with Crippen LogP contribution in [0.25, 0.3) is 0 Å². The Morgan fingerprint density at radius 1 is 1.42 bits per heavy atom. The zero-order valence-electron chi connectivity index (χ0n) is 13.1. The average molecular weight is 337 g/mol. The van der Waals surface area contributed by atoms with Crippen LogP contribution < -0.4 is 5.32 Å². The molecule has 2 heterocycles. The smallest absolute Gasteiger partial charge is 0.317 e. The summed E-state index contributed by atoms with van der Waals surface area (Å²) in [4.78, 5) is 17.8. The van der Waals surface area contributed by atoms with Crippen molar-refractivity contribution in [3.8, 4) is 0 Å². The molecule has 24 heavy (non-hydrogen) atoms. The Morgan fingerprint density at radius 3 is 2.96 bits per heavy atom. The summed E-state index contributed by atoms with van der Waals surface area (Å²) in [6.45, 7) is 1.21. The first-order chi connectivity index (χ1) is 11.5. The highest BCUT2D eigenvalue weighted by Gasteiger charge is 2.26. The molecule has 0 saturated carbocycles. The summed E-state index contributed by atoms with van der Waals surface area (Å²) in [5.41, 5.74) is 0.498. The Bertz CT molecular complexity index is 736. The van der Waals surface area contributed by atoms with E-state index >= 15 is 0 Å². The lowest BCUT2D eigenvalue weighted by Crippen LogP contribution is -2.47. The van der Waals surface area contributed by atoms with Crippen LogP contribution in [0, 0.1) is 11.6 Å². The van der Waals surface area contributed by atoms with Crippen molar-refractivity contribution >= 4 is 6.03 Å². The van der Waals surface area contributed by atoms with E-state index in [0.29, 0.717) is 24.5 Å². The molecule has 3 rings (SSSR count). The van der Waals surface area contributed by atoms with Crippen LogP contribution in [0.5, 0.6) is 0 Å². The van der Waals surface area contributed by atoms with E-state index in [1.54, 1.807) is 23.0 Å². The third-order valence-corrected chi connectivity index (χ3v) is 3.71. The molecule has 1 saturated heterocycles. The first kappa shape index (κ1) is 16.3. The third kappa shape index (κ3) is 3.67. The maximum atomic E-state index is 13.4. The van der Waals surface area contributed by atoms with Gasteiger partial charge in [0.2, 0.25) is 0 Å². The fourth-order valence-corrected chi connectivity index (χ4v) is 2.48. The number of ether oxygens (including phenoxy) is 1. The third-order valence-electron chi connectivity index (χ3n) is 3.71. The highest BCUT2D eigenvalue weighted by Crippen LogP contribution is 2.23. The number of hydrogen-bond donors (Lipinski definition) is 1. The largest absolute Gasteiger partial charge is 0.370 e. The first-order valence-corrected chi connectivity index (χ1v) is 7.47. The van der Waals surface area contributed by atoms with Gasteiger partial charge in [0.15, 0.2) is 17.5 Å². The SMILES string of the molecule is Cn1cnc(CNC(=O)N2CCOC(c3ccc(F)c(F)c3)C2)n1. The van der Waals surface area contributed by atoms with Crippen molar-refractivity contribution in [1.82, 2.24) is 25.0 Å². The van der Waals surface area contributed by atoms with E-state index in [2.05, 4.69) is 15.4 Å². The van der Waals surface area contributed by atoms with Crippen LogP contribution in [0.4, 0.5) is 13.6 Å². The number of nitrogens with zero attached hydrogens (tertiary/aromatic N) is 4. The molecule has 2 amide bonds. The zero-order chi connectivity index (χ0) is 17.1. The highest BCUT2D eigenvalue weighted by molar-refractivity contribution is 5.74. The molecule has 1 aromatic heterocycles. The molecule has 0 radical (unpaired) electrons. The van der Waals surface area contributed by atoms with Gasteiger partial charge in [0, 0.05) is 13.6 Å². The lowest BCUT2D eigenvalue weighted by Gasteiger charge is -2.33. The lowest BCUT2D eigenvalue weighted by atomic mass is 10.1. The second-order valence-corrected chi connectivity index (χ2v) is 5.47. The number of morpholine rings is 1. The van der Waals surface area contributed by atoms with E-state index in [0.717, 1.165) is 12.1 Å². The van der Waals surface area contributed by atoms with Crippen molar-refractivity contribution in [3.63, 3.8) is 0 Å². The zero-order valence-corrected chi connectivity index (χ0v) is 13.1. The van der Waals surface area contributed by atoms with Gasteiger partial charge in [-0.05, 0) is 17.7 Å². The van der Waals surface area contributed by atoms with E-state index in [1.165, 1.54) is 6.07 Å². The summed E-state index contributed by atoms with van der Waals surface area (Å²) < 4.78 is 33.5. The predicted octanol–water partition coefficient (Wildman–Crippen LogP) is 1.38. The van der Waals surface area contributed by atoms with E-state index in [-0.39, 0.29) is 19.1 Å². The van der Waals surface area contributed by atoms with Gasteiger partial charge in [-0.15, -0.1) is 0 Å². The maximum absolute atomic E-state index is 13.4. The number of urea groups is 1. The number of halogens is 2. The van der Waals surface area contributed by atoms with Crippen LogP contribution in [0.3, 0.4) is 0 Å². The predicted molar refractivity (Wildman–Crippen MR) is 79.9 cm³/mol. The van der Waals surface area contributed by atoms with Gasteiger partial charge in [-0.2, -0.15) is 5.10 Å². The summed E-state index contributed by atoms with van der Waals surface area (Å²) in [5.74, 6) is -1.33. The average Bonchev–Trinajstić information content (AvgIpc) is 3.00. The number of carbonyl (C=O) groups is 1. The molecule has 128 valence electrons. The molecule has 1 atom stereocenters. The van der Waals surface area contributed by atoms with Crippen LogP contribution in [0.1, 0.15) is 17.5 Å². The molecule has 7 nitrogen and oxygen atoms in total. The summed E-state index contributed by atoms with van der Waals surface area (Å²) >= 11 is 0. The van der Waals surface area contributed by atoms with Crippen LogP contribution >= 0.6 is 0 Å². The molecule has 1 aromatic carbocycles. The van der Waals surface area contributed by atoms with Gasteiger partial charge in [0.25, 0.3) is 0 Å². The minimum atomic E-state index is -0.932. The number of benzene rings is 1.